The predicted molar refractivity (Wildman–Crippen MR) is 146 cm³/mol. The Morgan fingerprint density at radius 3 is 1.78 bits per heavy atom. The van der Waals surface area contributed by atoms with Gasteiger partial charge in [-0.15, -0.1) is 0 Å². The number of phenols is 1. The molecule has 0 spiro atoms. The topological polar surface area (TPSA) is 185 Å². The van der Waals surface area contributed by atoms with E-state index in [-0.39, 0.29) is 25.3 Å². The summed E-state index contributed by atoms with van der Waals surface area (Å²) in [4.78, 5) is 48.0. The number of phenolic OH excluding ortho intramolecular Hbond substituents is 1. The largest absolute Gasteiger partial charge is 0.508 e. The van der Waals surface area contributed by atoms with Crippen molar-refractivity contribution in [2.45, 2.75) is 12.5 Å². The van der Waals surface area contributed by atoms with Crippen LogP contribution in [0, 0.1) is 7.14 Å². The zero-order valence-electron chi connectivity index (χ0n) is 19.2. The molecule has 0 amide bonds. The average Bonchev–Trinajstić information content (AvgIpc) is 2.77. The van der Waals surface area contributed by atoms with Gasteiger partial charge < -0.3 is 30.3 Å². The van der Waals surface area contributed by atoms with Gasteiger partial charge in [-0.1, -0.05) is 0 Å². The quantitative estimate of drug-likeness (QED) is 0.168. The molecule has 0 aliphatic heterocycles. The molecule has 0 saturated carbocycles. The summed E-state index contributed by atoms with van der Waals surface area (Å²) in [6.45, 7) is -2.17. The molecule has 200 valence electrons. The molecule has 0 heterocycles. The van der Waals surface area contributed by atoms with Crippen molar-refractivity contribution in [2.75, 3.05) is 32.7 Å². The summed E-state index contributed by atoms with van der Waals surface area (Å²) in [6.07, 6.45) is -0.0635. The Kier molecular flexibility index (Phi) is 11.8. The van der Waals surface area contributed by atoms with Gasteiger partial charge in [0.05, 0.1) is 26.8 Å². The Morgan fingerprint density at radius 1 is 0.811 bits per heavy atom. The van der Waals surface area contributed by atoms with Crippen LogP contribution in [0.5, 0.6) is 17.2 Å². The molecule has 0 unspecified atom stereocenters. The van der Waals surface area contributed by atoms with Crippen LogP contribution in [-0.4, -0.2) is 98.0 Å². The Labute approximate surface area is 238 Å². The van der Waals surface area contributed by atoms with Gasteiger partial charge in [0, 0.05) is 13.1 Å². The second-order valence-corrected chi connectivity index (χ2v) is 10.2. The van der Waals surface area contributed by atoms with E-state index >= 15 is 0 Å². The minimum Gasteiger partial charge on any atom is -0.508 e. The van der Waals surface area contributed by atoms with E-state index in [1.54, 1.807) is 24.3 Å². The summed E-state index contributed by atoms with van der Waals surface area (Å²) in [5, 5.41) is 46.7. The van der Waals surface area contributed by atoms with E-state index in [2.05, 4.69) is 0 Å². The molecule has 37 heavy (non-hydrogen) atoms. The molecule has 2 aromatic carbocycles. The minimum atomic E-state index is -1.28. The van der Waals surface area contributed by atoms with Crippen molar-refractivity contribution in [3.8, 4) is 17.2 Å². The highest BCUT2D eigenvalue weighted by molar-refractivity contribution is 14.1. The SMILES string of the molecule is O=C(O)CN(CCN(CC(=O)O)[C@@H](Cc1cc(I)c(Oc2ccc(O)cc2)c(I)c1)C(=O)O)CC(=O)O. The van der Waals surface area contributed by atoms with Crippen LogP contribution in [0.2, 0.25) is 0 Å². The molecule has 0 fully saturated rings. The number of carboxylic acid groups (broad SMARTS) is 4. The molecule has 0 saturated heterocycles. The van der Waals surface area contributed by atoms with Crippen molar-refractivity contribution in [1.82, 2.24) is 9.80 Å². The van der Waals surface area contributed by atoms with E-state index in [1.807, 2.05) is 45.2 Å². The fourth-order valence-corrected chi connectivity index (χ4v) is 5.56. The third kappa shape index (κ3) is 10.3. The molecule has 12 nitrogen and oxygen atoms in total. The molecule has 2 aromatic rings. The first kappa shape index (κ1) is 30.5. The highest BCUT2D eigenvalue weighted by atomic mass is 127. The number of nitrogens with zero attached hydrogens (tertiary/aromatic N) is 2. The average molecular weight is 742 g/mol. The lowest BCUT2D eigenvalue weighted by molar-refractivity contribution is -0.148. The molecular formula is C23H24I2N2O10. The van der Waals surface area contributed by atoms with Crippen molar-refractivity contribution in [3.63, 3.8) is 0 Å². The fraction of sp³-hybridized carbons (Fsp3) is 0.304. The van der Waals surface area contributed by atoms with Crippen LogP contribution in [0.1, 0.15) is 5.56 Å². The Hall–Kier alpha value is -2.70. The molecule has 0 aromatic heterocycles. The summed E-state index contributed by atoms with van der Waals surface area (Å²) >= 11 is 4.08. The number of rotatable bonds is 15. The molecule has 0 aliphatic rings. The summed E-state index contributed by atoms with van der Waals surface area (Å²) in [6, 6.07) is 8.30. The van der Waals surface area contributed by atoms with Gasteiger partial charge >= 0.3 is 23.9 Å². The lowest BCUT2D eigenvalue weighted by Gasteiger charge is -2.30. The fourth-order valence-electron chi connectivity index (χ4n) is 3.44. The molecule has 1 atom stereocenters. The Balaban J connectivity index is 2.25. The number of hydrogen-bond donors (Lipinski definition) is 5. The number of carbonyl (C=O) groups is 4. The van der Waals surface area contributed by atoms with Crippen LogP contribution in [0.4, 0.5) is 0 Å². The zero-order chi connectivity index (χ0) is 27.7. The molecule has 2 rings (SSSR count). The maximum absolute atomic E-state index is 12.1. The number of ether oxygens (including phenoxy) is 1. The summed E-state index contributed by atoms with van der Waals surface area (Å²) in [7, 11) is 0. The normalized spacial score (nSPS) is 11.9. The van der Waals surface area contributed by atoms with Gasteiger partial charge in [-0.3, -0.25) is 29.0 Å². The first-order valence-electron chi connectivity index (χ1n) is 10.6. The third-order valence-electron chi connectivity index (χ3n) is 5.03. The van der Waals surface area contributed by atoms with Gasteiger partial charge in [0.2, 0.25) is 0 Å². The second kappa shape index (κ2) is 14.3. The van der Waals surface area contributed by atoms with Crippen LogP contribution < -0.4 is 4.74 Å². The molecule has 0 bridgehead atoms. The van der Waals surface area contributed by atoms with Crippen LogP contribution in [0.3, 0.4) is 0 Å². The van der Waals surface area contributed by atoms with Crippen molar-refractivity contribution < 1.29 is 49.4 Å². The van der Waals surface area contributed by atoms with Crippen LogP contribution in [0.15, 0.2) is 36.4 Å². The predicted octanol–water partition coefficient (Wildman–Crippen LogP) is 2.25. The van der Waals surface area contributed by atoms with Crippen molar-refractivity contribution in [3.05, 3.63) is 49.1 Å². The van der Waals surface area contributed by atoms with Gasteiger partial charge in [0.1, 0.15) is 17.5 Å². The number of benzene rings is 2. The van der Waals surface area contributed by atoms with E-state index in [1.165, 1.54) is 17.0 Å². The van der Waals surface area contributed by atoms with E-state index in [0.717, 1.165) is 4.90 Å². The smallest absolute Gasteiger partial charge is 0.321 e. The van der Waals surface area contributed by atoms with Crippen molar-refractivity contribution in [2.24, 2.45) is 0 Å². The van der Waals surface area contributed by atoms with Gasteiger partial charge in [0.25, 0.3) is 0 Å². The summed E-state index contributed by atoms with van der Waals surface area (Å²) in [5.74, 6) is -3.98. The summed E-state index contributed by atoms with van der Waals surface area (Å²) in [5.41, 5.74) is 0.600. The highest BCUT2D eigenvalue weighted by Gasteiger charge is 2.29. The lowest BCUT2D eigenvalue weighted by Crippen LogP contribution is -2.49. The maximum atomic E-state index is 12.1. The van der Waals surface area contributed by atoms with Crippen LogP contribution in [0.25, 0.3) is 0 Å². The van der Waals surface area contributed by atoms with Gasteiger partial charge in [-0.05, 0) is 93.6 Å². The number of aromatic hydroxyl groups is 1. The van der Waals surface area contributed by atoms with E-state index in [4.69, 9.17) is 14.9 Å². The second-order valence-electron chi connectivity index (χ2n) is 7.91. The van der Waals surface area contributed by atoms with Crippen LogP contribution >= 0.6 is 45.2 Å². The standard InChI is InChI=1S/C23H24I2N2O10/c24-16-7-13(8-17(25)22(16)37-15-3-1-14(28)2-4-15)9-18(23(35)36)27(12-21(33)34)6-5-26(10-19(29)30)11-20(31)32/h1-4,7-8,18,28H,5-6,9-12H2,(H,29,30)(H,31,32)(H,33,34)(H,35,36)/t18-/m0/s1. The number of hydrogen-bond acceptors (Lipinski definition) is 8. The summed E-state index contributed by atoms with van der Waals surface area (Å²) < 4.78 is 7.25. The molecule has 0 radical (unpaired) electrons. The van der Waals surface area contributed by atoms with E-state index in [9.17, 15) is 34.5 Å². The lowest BCUT2D eigenvalue weighted by atomic mass is 10.0. The van der Waals surface area contributed by atoms with Gasteiger partial charge in [-0.25, -0.2) is 0 Å². The highest BCUT2D eigenvalue weighted by Crippen LogP contribution is 2.34. The number of halogens is 2. The number of aliphatic carboxylic acids is 4. The van der Waals surface area contributed by atoms with E-state index in [0.29, 0.717) is 24.2 Å². The van der Waals surface area contributed by atoms with Crippen molar-refractivity contribution >= 4 is 69.1 Å². The van der Waals surface area contributed by atoms with Crippen LogP contribution in [-0.2, 0) is 25.6 Å². The zero-order valence-corrected chi connectivity index (χ0v) is 23.5. The number of carboxylic acids is 4. The maximum Gasteiger partial charge on any atom is 0.321 e. The molecular weight excluding hydrogens is 718 g/mol. The monoisotopic (exact) mass is 742 g/mol. The first-order chi connectivity index (χ1) is 17.3. The minimum absolute atomic E-state index is 0.0635. The molecule has 5 N–H and O–H groups in total. The molecule has 14 heteroatoms. The van der Waals surface area contributed by atoms with E-state index < -0.39 is 49.6 Å². The van der Waals surface area contributed by atoms with Gasteiger partial charge in [0.15, 0.2) is 5.75 Å². The van der Waals surface area contributed by atoms with Gasteiger partial charge in [-0.2, -0.15) is 0 Å². The first-order valence-corrected chi connectivity index (χ1v) is 12.8. The Bertz CT molecular complexity index is 1100. The Morgan fingerprint density at radius 2 is 1.32 bits per heavy atom. The van der Waals surface area contributed by atoms with Crippen molar-refractivity contribution in [1.29, 1.82) is 0 Å². The third-order valence-corrected chi connectivity index (χ3v) is 6.63. The molecule has 0 aliphatic carbocycles.